The molecule has 166 valence electrons. The maximum Gasteiger partial charge on any atom is 0.255 e. The predicted molar refractivity (Wildman–Crippen MR) is 125 cm³/mol. The summed E-state index contributed by atoms with van der Waals surface area (Å²) in [7, 11) is 0. The van der Waals surface area contributed by atoms with Crippen molar-refractivity contribution in [2.75, 3.05) is 16.8 Å². The molecule has 4 rings (SSSR count). The first kappa shape index (κ1) is 22.0. The molecule has 0 aliphatic carbocycles. The number of imide groups is 1. The molecule has 33 heavy (non-hydrogen) atoms. The van der Waals surface area contributed by atoms with Crippen molar-refractivity contribution in [2.24, 2.45) is 0 Å². The van der Waals surface area contributed by atoms with E-state index in [9.17, 15) is 19.2 Å². The molecule has 1 aliphatic heterocycles. The maximum atomic E-state index is 12.8. The van der Waals surface area contributed by atoms with Gasteiger partial charge in [0.15, 0.2) is 0 Å². The smallest absolute Gasteiger partial charge is 0.255 e. The summed E-state index contributed by atoms with van der Waals surface area (Å²) < 4.78 is 0. The van der Waals surface area contributed by atoms with Crippen LogP contribution in [0.5, 0.6) is 0 Å². The topological polar surface area (TPSA) is 95.6 Å². The number of para-hydroxylation sites is 1. The lowest BCUT2D eigenvalue weighted by Crippen LogP contribution is -2.28. The van der Waals surface area contributed by atoms with Gasteiger partial charge in [0, 0.05) is 24.9 Å². The van der Waals surface area contributed by atoms with Crippen LogP contribution < -0.4 is 15.5 Å². The number of hydrogen-bond donors (Lipinski definition) is 2. The molecule has 1 saturated heterocycles. The van der Waals surface area contributed by atoms with E-state index in [-0.39, 0.29) is 30.6 Å². The van der Waals surface area contributed by atoms with Crippen LogP contribution in [0.15, 0.2) is 78.9 Å². The molecule has 2 N–H and O–H groups in total. The van der Waals surface area contributed by atoms with Gasteiger partial charge in [0.1, 0.15) is 0 Å². The van der Waals surface area contributed by atoms with Gasteiger partial charge in [-0.05, 0) is 48.4 Å². The Bertz CT molecular complexity index is 1170. The number of rotatable bonds is 7. The van der Waals surface area contributed by atoms with E-state index in [2.05, 4.69) is 10.6 Å². The third-order valence-corrected chi connectivity index (χ3v) is 5.40. The highest BCUT2D eigenvalue weighted by molar-refractivity contribution is 6.20. The summed E-state index contributed by atoms with van der Waals surface area (Å²) in [5.74, 6) is -1.16. The van der Waals surface area contributed by atoms with Crippen LogP contribution in [0, 0.1) is 0 Å². The number of amides is 4. The SMILES string of the molecule is O=C(Nc1ccccc1C(=O)NCCc1ccccc1)c1ccc(N2C(=O)CCC2=O)cc1. The summed E-state index contributed by atoms with van der Waals surface area (Å²) in [4.78, 5) is 50.4. The van der Waals surface area contributed by atoms with Crippen LogP contribution in [-0.4, -0.2) is 30.2 Å². The van der Waals surface area contributed by atoms with Gasteiger partial charge in [-0.25, -0.2) is 0 Å². The molecule has 1 fully saturated rings. The summed E-state index contributed by atoms with van der Waals surface area (Å²) in [6.07, 6.45) is 1.10. The highest BCUT2D eigenvalue weighted by atomic mass is 16.2. The molecule has 1 aliphatic rings. The normalized spacial score (nSPS) is 13.2. The molecule has 3 aromatic rings. The zero-order valence-electron chi connectivity index (χ0n) is 17.9. The molecule has 0 aromatic heterocycles. The number of carbonyl (C=O) groups is 4. The van der Waals surface area contributed by atoms with Crippen molar-refractivity contribution in [3.63, 3.8) is 0 Å². The highest BCUT2D eigenvalue weighted by Crippen LogP contribution is 2.23. The monoisotopic (exact) mass is 441 g/mol. The fraction of sp³-hybridized carbons (Fsp3) is 0.154. The lowest BCUT2D eigenvalue weighted by Gasteiger charge is -2.14. The van der Waals surface area contributed by atoms with Crippen LogP contribution in [-0.2, 0) is 16.0 Å². The van der Waals surface area contributed by atoms with Gasteiger partial charge in [0.2, 0.25) is 11.8 Å². The van der Waals surface area contributed by atoms with E-state index in [0.717, 1.165) is 10.5 Å². The summed E-state index contributed by atoms with van der Waals surface area (Å²) in [6.45, 7) is 0.473. The Balaban J connectivity index is 1.40. The Kier molecular flexibility index (Phi) is 6.59. The Hall–Kier alpha value is -4.26. The fourth-order valence-electron chi connectivity index (χ4n) is 3.67. The van der Waals surface area contributed by atoms with Crippen molar-refractivity contribution >= 4 is 35.0 Å². The number of hydrogen-bond acceptors (Lipinski definition) is 4. The summed E-state index contributed by atoms with van der Waals surface area (Å²) >= 11 is 0. The van der Waals surface area contributed by atoms with Gasteiger partial charge >= 0.3 is 0 Å². The van der Waals surface area contributed by atoms with Gasteiger partial charge in [0.25, 0.3) is 11.8 Å². The van der Waals surface area contributed by atoms with Crippen molar-refractivity contribution in [3.8, 4) is 0 Å². The molecule has 0 atom stereocenters. The molecule has 0 spiro atoms. The molecular formula is C26H23N3O4. The van der Waals surface area contributed by atoms with E-state index in [0.29, 0.717) is 35.5 Å². The van der Waals surface area contributed by atoms with Crippen molar-refractivity contribution < 1.29 is 19.2 Å². The molecule has 1 heterocycles. The van der Waals surface area contributed by atoms with Crippen LogP contribution in [0.25, 0.3) is 0 Å². The van der Waals surface area contributed by atoms with E-state index >= 15 is 0 Å². The van der Waals surface area contributed by atoms with E-state index in [1.807, 2.05) is 30.3 Å². The second kappa shape index (κ2) is 9.91. The lowest BCUT2D eigenvalue weighted by atomic mass is 10.1. The van der Waals surface area contributed by atoms with Gasteiger partial charge in [-0.3, -0.25) is 24.1 Å². The highest BCUT2D eigenvalue weighted by Gasteiger charge is 2.30. The van der Waals surface area contributed by atoms with Crippen molar-refractivity contribution in [1.29, 1.82) is 0 Å². The van der Waals surface area contributed by atoms with Crippen LogP contribution >= 0.6 is 0 Å². The minimum Gasteiger partial charge on any atom is -0.352 e. The summed E-state index contributed by atoms with van der Waals surface area (Å²) in [6, 6.07) is 22.9. The molecule has 0 radical (unpaired) electrons. The van der Waals surface area contributed by atoms with Crippen LogP contribution in [0.2, 0.25) is 0 Å². The fourth-order valence-corrected chi connectivity index (χ4v) is 3.67. The molecular weight excluding hydrogens is 418 g/mol. The summed E-state index contributed by atoms with van der Waals surface area (Å²) in [5, 5.41) is 5.66. The van der Waals surface area contributed by atoms with E-state index in [1.54, 1.807) is 48.5 Å². The first-order valence-electron chi connectivity index (χ1n) is 10.7. The average molecular weight is 441 g/mol. The molecule has 7 heteroatoms. The standard InChI is InChI=1S/C26H23N3O4/c30-23-14-15-24(31)29(23)20-12-10-19(11-13-20)25(32)28-22-9-5-4-8-21(22)26(33)27-17-16-18-6-2-1-3-7-18/h1-13H,14-17H2,(H,27,33)(H,28,32). The van der Waals surface area contributed by atoms with E-state index in [4.69, 9.17) is 0 Å². The summed E-state index contributed by atoms with van der Waals surface area (Å²) in [5.41, 5.74) is 2.67. The van der Waals surface area contributed by atoms with Crippen molar-refractivity contribution in [3.05, 3.63) is 95.6 Å². The average Bonchev–Trinajstić information content (AvgIpc) is 3.18. The minimum atomic E-state index is -0.398. The first-order chi connectivity index (χ1) is 16.0. The Labute approximate surface area is 191 Å². The maximum absolute atomic E-state index is 12.8. The van der Waals surface area contributed by atoms with E-state index < -0.39 is 5.91 Å². The second-order valence-electron chi connectivity index (χ2n) is 7.66. The molecule has 0 bridgehead atoms. The number of benzene rings is 3. The first-order valence-corrected chi connectivity index (χ1v) is 10.7. The molecule has 3 aromatic carbocycles. The van der Waals surface area contributed by atoms with Crippen molar-refractivity contribution in [2.45, 2.75) is 19.3 Å². The Morgan fingerprint density at radius 3 is 2.09 bits per heavy atom. The van der Waals surface area contributed by atoms with E-state index in [1.165, 1.54) is 0 Å². The van der Waals surface area contributed by atoms with Gasteiger partial charge in [-0.15, -0.1) is 0 Å². The van der Waals surface area contributed by atoms with Gasteiger partial charge in [0.05, 0.1) is 16.9 Å². The van der Waals surface area contributed by atoms with Gasteiger partial charge in [-0.2, -0.15) is 0 Å². The second-order valence-corrected chi connectivity index (χ2v) is 7.66. The number of anilines is 2. The van der Waals surface area contributed by atoms with Gasteiger partial charge < -0.3 is 10.6 Å². The largest absolute Gasteiger partial charge is 0.352 e. The third kappa shape index (κ3) is 5.15. The van der Waals surface area contributed by atoms with Crippen molar-refractivity contribution in [1.82, 2.24) is 5.32 Å². The van der Waals surface area contributed by atoms with Crippen LogP contribution in [0.3, 0.4) is 0 Å². The van der Waals surface area contributed by atoms with Gasteiger partial charge in [-0.1, -0.05) is 42.5 Å². The molecule has 0 saturated carbocycles. The Morgan fingerprint density at radius 1 is 0.758 bits per heavy atom. The predicted octanol–water partition coefficient (Wildman–Crippen LogP) is 3.56. The zero-order chi connectivity index (χ0) is 23.2. The lowest BCUT2D eigenvalue weighted by molar-refractivity contribution is -0.121. The van der Waals surface area contributed by atoms with Crippen LogP contribution in [0.1, 0.15) is 39.1 Å². The quantitative estimate of drug-likeness (QED) is 0.548. The molecule has 7 nitrogen and oxygen atoms in total. The molecule has 0 unspecified atom stereocenters. The zero-order valence-corrected chi connectivity index (χ0v) is 17.9. The number of nitrogens with one attached hydrogen (secondary N) is 2. The number of nitrogens with zero attached hydrogens (tertiary/aromatic N) is 1. The van der Waals surface area contributed by atoms with Crippen LogP contribution in [0.4, 0.5) is 11.4 Å². The number of carbonyl (C=O) groups excluding carboxylic acids is 4. The Morgan fingerprint density at radius 2 is 1.39 bits per heavy atom. The third-order valence-electron chi connectivity index (χ3n) is 5.40. The minimum absolute atomic E-state index is 0.200. The molecule has 4 amide bonds.